The number of rotatable bonds is 1. The topological polar surface area (TPSA) is 17.1 Å². The van der Waals surface area contributed by atoms with Gasteiger partial charge in [-0.25, -0.2) is 4.39 Å². The fraction of sp³-hybridized carbons (Fsp3) is 0. The first-order valence-electron chi connectivity index (χ1n) is 2.77. The van der Waals surface area contributed by atoms with Gasteiger partial charge in [0, 0.05) is 0 Å². The van der Waals surface area contributed by atoms with Gasteiger partial charge in [0.2, 0.25) is 0 Å². The summed E-state index contributed by atoms with van der Waals surface area (Å²) in [7, 11) is 0. The first kappa shape index (κ1) is 8.93. The van der Waals surface area contributed by atoms with Gasteiger partial charge < -0.3 is 0 Å². The molecular formula is C7H3ClFIO. The fourth-order valence-corrected chi connectivity index (χ4v) is 1.58. The molecule has 0 fully saturated rings. The highest BCUT2D eigenvalue weighted by Crippen LogP contribution is 2.17. The Morgan fingerprint density at radius 1 is 1.55 bits per heavy atom. The molecule has 1 aromatic carbocycles. The van der Waals surface area contributed by atoms with E-state index in [1.807, 2.05) is 0 Å². The van der Waals surface area contributed by atoms with Crippen molar-refractivity contribution in [3.8, 4) is 0 Å². The summed E-state index contributed by atoms with van der Waals surface area (Å²) in [6.07, 6.45) is 0. The molecule has 0 aliphatic heterocycles. The first-order chi connectivity index (χ1) is 5.13. The van der Waals surface area contributed by atoms with Crippen LogP contribution in [0.15, 0.2) is 18.2 Å². The van der Waals surface area contributed by atoms with Crippen molar-refractivity contribution in [1.29, 1.82) is 0 Å². The van der Waals surface area contributed by atoms with Gasteiger partial charge in [0.15, 0.2) is 0 Å². The monoisotopic (exact) mass is 284 g/mol. The third kappa shape index (κ3) is 1.90. The summed E-state index contributed by atoms with van der Waals surface area (Å²) in [5.41, 5.74) is 0.215. The molecule has 4 heteroatoms. The van der Waals surface area contributed by atoms with Crippen LogP contribution in [0.2, 0.25) is 0 Å². The number of hydrogen-bond donors (Lipinski definition) is 0. The van der Waals surface area contributed by atoms with E-state index < -0.39 is 11.1 Å². The van der Waals surface area contributed by atoms with Crippen LogP contribution in [0.25, 0.3) is 0 Å². The molecule has 0 aliphatic carbocycles. The fourth-order valence-electron chi connectivity index (χ4n) is 0.656. The molecule has 0 heterocycles. The summed E-state index contributed by atoms with van der Waals surface area (Å²) >= 11 is 6.91. The second kappa shape index (κ2) is 3.49. The Balaban J connectivity index is 3.27. The molecule has 11 heavy (non-hydrogen) atoms. The minimum absolute atomic E-state index is 0.215. The van der Waals surface area contributed by atoms with Crippen molar-refractivity contribution >= 4 is 39.4 Å². The van der Waals surface area contributed by atoms with E-state index in [2.05, 4.69) is 0 Å². The molecular weight excluding hydrogens is 281 g/mol. The van der Waals surface area contributed by atoms with Crippen LogP contribution in [0.5, 0.6) is 0 Å². The van der Waals surface area contributed by atoms with Gasteiger partial charge in [-0.2, -0.15) is 0 Å². The Morgan fingerprint density at radius 3 is 2.64 bits per heavy atom. The molecule has 0 saturated heterocycles. The number of benzene rings is 1. The van der Waals surface area contributed by atoms with Crippen molar-refractivity contribution in [1.82, 2.24) is 0 Å². The zero-order valence-corrected chi connectivity index (χ0v) is 8.19. The van der Waals surface area contributed by atoms with E-state index in [4.69, 9.17) is 11.6 Å². The average Bonchev–Trinajstić information content (AvgIpc) is 1.94. The van der Waals surface area contributed by atoms with Gasteiger partial charge in [-0.1, -0.05) is 6.07 Å². The normalized spacial score (nSPS) is 9.73. The molecule has 0 unspecified atom stereocenters. The van der Waals surface area contributed by atoms with Crippen LogP contribution >= 0.6 is 34.2 Å². The molecule has 1 rings (SSSR count). The summed E-state index contributed by atoms with van der Waals surface area (Å²) in [5.74, 6) is -0.419. The Hall–Kier alpha value is -0.160. The molecule has 0 aliphatic rings. The smallest absolute Gasteiger partial charge is 0.253 e. The molecule has 0 N–H and O–H groups in total. The molecule has 0 radical (unpaired) electrons. The van der Waals surface area contributed by atoms with Crippen molar-refractivity contribution in [3.05, 3.63) is 33.1 Å². The van der Waals surface area contributed by atoms with Crippen molar-refractivity contribution < 1.29 is 9.18 Å². The lowest BCUT2D eigenvalue weighted by atomic mass is 10.2. The minimum Gasteiger partial charge on any atom is -0.276 e. The summed E-state index contributed by atoms with van der Waals surface area (Å²) < 4.78 is 13.0. The summed E-state index contributed by atoms with van der Waals surface area (Å²) in [6.45, 7) is 0. The van der Waals surface area contributed by atoms with Gasteiger partial charge in [-0.15, -0.1) is 0 Å². The van der Waals surface area contributed by atoms with E-state index in [-0.39, 0.29) is 9.13 Å². The average molecular weight is 284 g/mol. The van der Waals surface area contributed by atoms with Gasteiger partial charge in [-0.05, 0) is 46.3 Å². The van der Waals surface area contributed by atoms with Crippen LogP contribution in [0.3, 0.4) is 0 Å². The van der Waals surface area contributed by atoms with E-state index in [0.717, 1.165) is 0 Å². The van der Waals surface area contributed by atoms with E-state index in [0.29, 0.717) is 0 Å². The third-order valence-corrected chi connectivity index (χ3v) is 2.46. The SMILES string of the molecule is O=C(Cl)c1cccc(F)c1I. The lowest BCUT2D eigenvalue weighted by Crippen LogP contribution is -1.95. The maximum Gasteiger partial charge on any atom is 0.253 e. The number of halogens is 3. The number of carbonyl (C=O) groups is 1. The van der Waals surface area contributed by atoms with E-state index in [1.165, 1.54) is 18.2 Å². The largest absolute Gasteiger partial charge is 0.276 e. The molecule has 0 saturated carbocycles. The van der Waals surface area contributed by atoms with Crippen LogP contribution in [0.4, 0.5) is 4.39 Å². The first-order valence-corrected chi connectivity index (χ1v) is 4.22. The second-order valence-corrected chi connectivity index (χ2v) is 3.30. The Labute approximate surface area is 81.7 Å². The van der Waals surface area contributed by atoms with E-state index in [1.54, 1.807) is 22.6 Å². The Bertz CT molecular complexity index is 300. The van der Waals surface area contributed by atoms with Crippen molar-refractivity contribution in [2.24, 2.45) is 0 Å². The highest BCUT2D eigenvalue weighted by Gasteiger charge is 2.09. The molecule has 0 aromatic heterocycles. The molecule has 0 bridgehead atoms. The predicted octanol–water partition coefficient (Wildman–Crippen LogP) is 2.81. The zero-order valence-electron chi connectivity index (χ0n) is 5.27. The van der Waals surface area contributed by atoms with Gasteiger partial charge >= 0.3 is 0 Å². The van der Waals surface area contributed by atoms with Crippen LogP contribution < -0.4 is 0 Å². The molecule has 0 atom stereocenters. The minimum atomic E-state index is -0.631. The van der Waals surface area contributed by atoms with Crippen LogP contribution in [-0.2, 0) is 0 Å². The quantitative estimate of drug-likeness (QED) is 0.572. The highest BCUT2D eigenvalue weighted by molar-refractivity contribution is 14.1. The van der Waals surface area contributed by atoms with E-state index >= 15 is 0 Å². The molecule has 0 amide bonds. The highest BCUT2D eigenvalue weighted by atomic mass is 127. The van der Waals surface area contributed by atoms with Crippen molar-refractivity contribution in [2.45, 2.75) is 0 Å². The maximum atomic E-state index is 12.7. The van der Waals surface area contributed by atoms with Crippen LogP contribution in [0, 0.1) is 9.39 Å². The number of carbonyl (C=O) groups excluding carboxylic acids is 1. The van der Waals surface area contributed by atoms with Gasteiger partial charge in [0.1, 0.15) is 5.82 Å². The Morgan fingerprint density at radius 2 is 2.18 bits per heavy atom. The summed E-state index contributed by atoms with van der Waals surface area (Å²) in [5, 5.41) is -0.631. The van der Waals surface area contributed by atoms with Gasteiger partial charge in [0.05, 0.1) is 9.13 Å². The predicted molar refractivity (Wildman–Crippen MR) is 49.3 cm³/mol. The standard InChI is InChI=1S/C7H3ClFIO/c8-7(11)4-2-1-3-5(9)6(4)10/h1-3H. The molecule has 1 aromatic rings. The second-order valence-electron chi connectivity index (χ2n) is 1.88. The van der Waals surface area contributed by atoms with Crippen molar-refractivity contribution in [3.63, 3.8) is 0 Å². The van der Waals surface area contributed by atoms with Gasteiger partial charge in [-0.3, -0.25) is 4.79 Å². The number of hydrogen-bond acceptors (Lipinski definition) is 1. The molecule has 1 nitrogen and oxygen atoms in total. The lowest BCUT2D eigenvalue weighted by Gasteiger charge is -1.97. The van der Waals surface area contributed by atoms with Crippen LogP contribution in [-0.4, -0.2) is 5.24 Å². The summed E-state index contributed by atoms with van der Waals surface area (Å²) in [4.78, 5) is 10.6. The molecule has 0 spiro atoms. The zero-order chi connectivity index (χ0) is 8.43. The van der Waals surface area contributed by atoms with Gasteiger partial charge in [0.25, 0.3) is 5.24 Å². The summed E-state index contributed by atoms with van der Waals surface area (Å²) in [6, 6.07) is 4.22. The lowest BCUT2D eigenvalue weighted by molar-refractivity contribution is 0.108. The van der Waals surface area contributed by atoms with Crippen LogP contribution in [0.1, 0.15) is 10.4 Å². The third-order valence-electron chi connectivity index (χ3n) is 1.16. The van der Waals surface area contributed by atoms with Crippen molar-refractivity contribution in [2.75, 3.05) is 0 Å². The van der Waals surface area contributed by atoms with E-state index in [9.17, 15) is 9.18 Å². The Kier molecular flexibility index (Phi) is 2.84. The maximum absolute atomic E-state index is 12.7. The molecule has 58 valence electrons.